The Kier molecular flexibility index (Phi) is 4.86. The van der Waals surface area contributed by atoms with Crippen LogP contribution in [0.3, 0.4) is 0 Å². The van der Waals surface area contributed by atoms with Gasteiger partial charge in [0.2, 0.25) is 0 Å². The van der Waals surface area contributed by atoms with E-state index in [0.717, 1.165) is 31.4 Å². The van der Waals surface area contributed by atoms with Crippen molar-refractivity contribution in [2.75, 3.05) is 5.32 Å². The molecule has 1 aromatic heterocycles. The van der Waals surface area contributed by atoms with E-state index >= 15 is 0 Å². The van der Waals surface area contributed by atoms with Crippen molar-refractivity contribution >= 4 is 23.3 Å². The van der Waals surface area contributed by atoms with E-state index < -0.39 is 0 Å². The van der Waals surface area contributed by atoms with Gasteiger partial charge in [0.15, 0.2) is 5.89 Å². The molecule has 1 aliphatic carbocycles. The van der Waals surface area contributed by atoms with E-state index in [1.54, 1.807) is 37.4 Å². The number of oxazole rings is 1. The molecule has 0 saturated heterocycles. The normalized spacial score (nSPS) is 14.9. The molecule has 5 nitrogen and oxygen atoms in total. The van der Waals surface area contributed by atoms with E-state index in [1.165, 1.54) is 0 Å². The zero-order chi connectivity index (χ0) is 16.2. The maximum Gasteiger partial charge on any atom is 0.322 e. The number of hydrogen-bond donors (Lipinski definition) is 1. The number of halogens is 1. The quantitative estimate of drug-likeness (QED) is 0.888. The predicted octanol–water partition coefficient (Wildman–Crippen LogP) is 4.61. The fourth-order valence-corrected chi connectivity index (χ4v) is 3.08. The number of benzene rings is 1. The molecule has 1 heterocycles. The molecule has 0 atom stereocenters. The molecule has 0 aliphatic heterocycles. The molecule has 1 saturated carbocycles. The van der Waals surface area contributed by atoms with Crippen molar-refractivity contribution in [2.45, 2.75) is 45.2 Å². The Hall–Kier alpha value is -2.01. The molecule has 23 heavy (non-hydrogen) atoms. The number of urea groups is 1. The van der Waals surface area contributed by atoms with Crippen molar-refractivity contribution < 1.29 is 9.21 Å². The average Bonchev–Trinajstić information content (AvgIpc) is 3.18. The molecule has 1 aromatic carbocycles. The van der Waals surface area contributed by atoms with Crippen LogP contribution in [0, 0.1) is 6.92 Å². The second-order valence-corrected chi connectivity index (χ2v) is 6.29. The van der Waals surface area contributed by atoms with Crippen molar-refractivity contribution in [1.82, 2.24) is 9.88 Å². The zero-order valence-corrected chi connectivity index (χ0v) is 13.8. The number of anilines is 1. The standard InChI is InChI=1S/C17H20ClN3O2/c1-12-19-10-16(23-12)11-21(15-4-2-3-5-15)17(22)20-14-8-6-13(18)7-9-14/h6-10,15H,2-5,11H2,1H3,(H,20,22). The second kappa shape index (κ2) is 7.04. The van der Waals surface area contributed by atoms with Crippen molar-refractivity contribution in [1.29, 1.82) is 0 Å². The summed E-state index contributed by atoms with van der Waals surface area (Å²) in [5.74, 6) is 1.32. The van der Waals surface area contributed by atoms with Gasteiger partial charge >= 0.3 is 6.03 Å². The minimum Gasteiger partial charge on any atom is -0.444 e. The molecular weight excluding hydrogens is 314 g/mol. The van der Waals surface area contributed by atoms with E-state index in [4.69, 9.17) is 16.0 Å². The summed E-state index contributed by atoms with van der Waals surface area (Å²) in [7, 11) is 0. The van der Waals surface area contributed by atoms with Crippen LogP contribution in [0.1, 0.15) is 37.3 Å². The van der Waals surface area contributed by atoms with Gasteiger partial charge in [-0.05, 0) is 37.1 Å². The minimum absolute atomic E-state index is 0.117. The molecule has 0 spiro atoms. The molecule has 2 aromatic rings. The molecule has 3 rings (SSSR count). The summed E-state index contributed by atoms with van der Waals surface area (Å²) < 4.78 is 5.54. The summed E-state index contributed by atoms with van der Waals surface area (Å²) in [5, 5.41) is 3.59. The zero-order valence-electron chi connectivity index (χ0n) is 13.1. The molecule has 0 bridgehead atoms. The highest BCUT2D eigenvalue weighted by Gasteiger charge is 2.27. The molecule has 1 aliphatic rings. The third-order valence-corrected chi connectivity index (χ3v) is 4.37. The van der Waals surface area contributed by atoms with Gasteiger partial charge in [-0.3, -0.25) is 0 Å². The molecule has 1 N–H and O–H groups in total. The Bertz CT molecular complexity index is 663. The number of nitrogens with one attached hydrogen (secondary N) is 1. The van der Waals surface area contributed by atoms with Crippen LogP contribution < -0.4 is 5.32 Å². The van der Waals surface area contributed by atoms with Crippen LogP contribution in [-0.4, -0.2) is 22.0 Å². The third-order valence-electron chi connectivity index (χ3n) is 4.12. The summed E-state index contributed by atoms with van der Waals surface area (Å²) in [6.07, 6.45) is 6.06. The Labute approximate surface area is 140 Å². The van der Waals surface area contributed by atoms with Crippen molar-refractivity contribution in [2.24, 2.45) is 0 Å². The second-order valence-electron chi connectivity index (χ2n) is 5.85. The first-order chi connectivity index (χ1) is 11.1. The van der Waals surface area contributed by atoms with Crippen LogP contribution in [0.4, 0.5) is 10.5 Å². The minimum atomic E-state index is -0.117. The number of hydrogen-bond acceptors (Lipinski definition) is 3. The van der Waals surface area contributed by atoms with Gasteiger partial charge in [0, 0.05) is 23.7 Å². The van der Waals surface area contributed by atoms with Crippen LogP contribution in [0.15, 0.2) is 34.9 Å². The first-order valence-corrected chi connectivity index (χ1v) is 8.24. The molecule has 1 fully saturated rings. The lowest BCUT2D eigenvalue weighted by molar-refractivity contribution is 0.178. The summed E-state index contributed by atoms with van der Waals surface area (Å²) >= 11 is 5.88. The highest BCUT2D eigenvalue weighted by Crippen LogP contribution is 2.26. The SMILES string of the molecule is Cc1ncc(CN(C(=O)Nc2ccc(Cl)cc2)C2CCCC2)o1. The maximum atomic E-state index is 12.7. The van der Waals surface area contributed by atoms with Gasteiger partial charge in [-0.2, -0.15) is 0 Å². The van der Waals surface area contributed by atoms with Crippen LogP contribution in [0.2, 0.25) is 5.02 Å². The summed E-state index contributed by atoms with van der Waals surface area (Å²) in [4.78, 5) is 18.7. The van der Waals surface area contributed by atoms with Gasteiger partial charge in [0.05, 0.1) is 12.7 Å². The van der Waals surface area contributed by atoms with E-state index in [-0.39, 0.29) is 12.1 Å². The van der Waals surface area contributed by atoms with Crippen LogP contribution in [0.5, 0.6) is 0 Å². The number of carbonyl (C=O) groups is 1. The topological polar surface area (TPSA) is 58.4 Å². The third kappa shape index (κ3) is 4.05. The van der Waals surface area contributed by atoms with E-state index in [0.29, 0.717) is 23.2 Å². The molecule has 0 radical (unpaired) electrons. The Morgan fingerprint density at radius 2 is 2.04 bits per heavy atom. The highest BCUT2D eigenvalue weighted by molar-refractivity contribution is 6.30. The van der Waals surface area contributed by atoms with Gasteiger partial charge in [-0.25, -0.2) is 9.78 Å². The van der Waals surface area contributed by atoms with Crippen LogP contribution in [0.25, 0.3) is 0 Å². The van der Waals surface area contributed by atoms with Gasteiger partial charge in [-0.15, -0.1) is 0 Å². The Balaban J connectivity index is 1.73. The number of aryl methyl sites for hydroxylation is 1. The van der Waals surface area contributed by atoms with Gasteiger partial charge in [-0.1, -0.05) is 24.4 Å². The fraction of sp³-hybridized carbons (Fsp3) is 0.412. The molecular formula is C17H20ClN3O2. The molecule has 6 heteroatoms. The van der Waals surface area contributed by atoms with Gasteiger partial charge in [0.1, 0.15) is 5.76 Å². The van der Waals surface area contributed by atoms with Crippen LogP contribution >= 0.6 is 11.6 Å². The van der Waals surface area contributed by atoms with Crippen molar-refractivity contribution in [3.05, 3.63) is 47.1 Å². The number of aromatic nitrogens is 1. The molecule has 2 amide bonds. The fourth-order valence-electron chi connectivity index (χ4n) is 2.96. The number of amides is 2. The lowest BCUT2D eigenvalue weighted by atomic mass is 10.2. The van der Waals surface area contributed by atoms with Crippen molar-refractivity contribution in [3.8, 4) is 0 Å². The van der Waals surface area contributed by atoms with Crippen molar-refractivity contribution in [3.63, 3.8) is 0 Å². The molecule has 0 unspecified atom stereocenters. The lowest BCUT2D eigenvalue weighted by Gasteiger charge is -2.28. The van der Waals surface area contributed by atoms with Crippen LogP contribution in [-0.2, 0) is 6.54 Å². The number of nitrogens with zero attached hydrogens (tertiary/aromatic N) is 2. The Morgan fingerprint density at radius 1 is 1.35 bits per heavy atom. The number of carbonyl (C=O) groups excluding carboxylic acids is 1. The van der Waals surface area contributed by atoms with E-state index in [2.05, 4.69) is 10.3 Å². The molecule has 122 valence electrons. The number of rotatable bonds is 4. The maximum absolute atomic E-state index is 12.7. The summed E-state index contributed by atoms with van der Waals surface area (Å²) in [6.45, 7) is 2.24. The average molecular weight is 334 g/mol. The van der Waals surface area contributed by atoms with Gasteiger partial charge < -0.3 is 14.6 Å². The predicted molar refractivity (Wildman–Crippen MR) is 89.5 cm³/mol. The smallest absolute Gasteiger partial charge is 0.322 e. The first-order valence-electron chi connectivity index (χ1n) is 7.86. The first kappa shape index (κ1) is 15.9. The largest absolute Gasteiger partial charge is 0.444 e. The van der Waals surface area contributed by atoms with E-state index in [1.807, 2.05) is 4.90 Å². The van der Waals surface area contributed by atoms with Gasteiger partial charge in [0.25, 0.3) is 0 Å². The lowest BCUT2D eigenvalue weighted by Crippen LogP contribution is -2.41. The summed E-state index contributed by atoms with van der Waals surface area (Å²) in [6, 6.07) is 7.24. The monoisotopic (exact) mass is 333 g/mol. The highest BCUT2D eigenvalue weighted by atomic mass is 35.5. The summed E-state index contributed by atoms with van der Waals surface area (Å²) in [5.41, 5.74) is 0.733. The van der Waals surface area contributed by atoms with E-state index in [9.17, 15) is 4.79 Å². The Morgan fingerprint density at radius 3 is 2.65 bits per heavy atom.